The second-order valence-electron chi connectivity index (χ2n) is 9.20. The predicted molar refractivity (Wildman–Crippen MR) is 136 cm³/mol. The number of carbonyl (C=O) groups excluding carboxylic acids is 1. The first-order valence-corrected chi connectivity index (χ1v) is 11.6. The number of hydrogen-bond donors (Lipinski definition) is 3. The SMILES string of the molecule is COc1ccccc1CNCC1(C)C=CC(c2nn(-c3cccc(C(F)(F)F)c3)c(N)c2C(N)=O)=CC1. The van der Waals surface area contributed by atoms with Gasteiger partial charge in [-0.05, 0) is 36.3 Å². The van der Waals surface area contributed by atoms with Crippen LogP contribution in [0.2, 0.25) is 0 Å². The molecule has 0 radical (unpaired) electrons. The van der Waals surface area contributed by atoms with Crippen LogP contribution in [0.15, 0.2) is 66.8 Å². The fourth-order valence-electron chi connectivity index (χ4n) is 4.30. The number of nitrogens with one attached hydrogen (secondary N) is 1. The number of halogens is 3. The average molecular weight is 512 g/mol. The van der Waals surface area contributed by atoms with Gasteiger partial charge in [0.2, 0.25) is 0 Å². The van der Waals surface area contributed by atoms with Gasteiger partial charge in [-0.2, -0.15) is 18.3 Å². The largest absolute Gasteiger partial charge is 0.496 e. The highest BCUT2D eigenvalue weighted by Gasteiger charge is 2.32. The fraction of sp³-hybridized carbons (Fsp3) is 0.259. The number of benzene rings is 2. The number of para-hydroxylation sites is 1. The number of nitrogen functional groups attached to an aromatic ring is 1. The van der Waals surface area contributed by atoms with Crippen molar-refractivity contribution >= 4 is 17.3 Å². The number of alkyl halides is 3. The number of nitrogens with zero attached hydrogens (tertiary/aromatic N) is 2. The first-order chi connectivity index (χ1) is 17.5. The molecule has 1 amide bonds. The number of amides is 1. The lowest BCUT2D eigenvalue weighted by atomic mass is 9.81. The van der Waals surface area contributed by atoms with Gasteiger partial charge in [-0.3, -0.25) is 4.79 Å². The zero-order valence-corrected chi connectivity index (χ0v) is 20.5. The van der Waals surface area contributed by atoms with Gasteiger partial charge in [0.15, 0.2) is 0 Å². The number of allylic oxidation sites excluding steroid dienone is 3. The number of hydrogen-bond acceptors (Lipinski definition) is 5. The van der Waals surface area contributed by atoms with E-state index in [1.165, 1.54) is 12.1 Å². The molecule has 10 heteroatoms. The molecule has 0 saturated carbocycles. The molecule has 0 saturated heterocycles. The van der Waals surface area contributed by atoms with Crippen molar-refractivity contribution in [3.8, 4) is 11.4 Å². The van der Waals surface area contributed by atoms with Crippen molar-refractivity contribution in [1.82, 2.24) is 15.1 Å². The maximum absolute atomic E-state index is 13.2. The molecule has 194 valence electrons. The molecule has 4 rings (SSSR count). The summed E-state index contributed by atoms with van der Waals surface area (Å²) in [5, 5.41) is 7.85. The van der Waals surface area contributed by atoms with E-state index < -0.39 is 17.6 Å². The molecule has 1 aliphatic carbocycles. The predicted octanol–water partition coefficient (Wildman–Crippen LogP) is 4.72. The normalized spacial score (nSPS) is 17.5. The van der Waals surface area contributed by atoms with E-state index in [0.29, 0.717) is 25.1 Å². The lowest BCUT2D eigenvalue weighted by Crippen LogP contribution is -2.30. The maximum Gasteiger partial charge on any atom is 0.416 e. The van der Waals surface area contributed by atoms with E-state index in [0.717, 1.165) is 28.1 Å². The van der Waals surface area contributed by atoms with Crippen molar-refractivity contribution in [2.75, 3.05) is 19.4 Å². The Morgan fingerprint density at radius 2 is 1.97 bits per heavy atom. The Kier molecular flexibility index (Phi) is 7.13. The lowest BCUT2D eigenvalue weighted by Gasteiger charge is -2.28. The summed E-state index contributed by atoms with van der Waals surface area (Å²) < 4.78 is 46.2. The summed E-state index contributed by atoms with van der Waals surface area (Å²) in [6.07, 6.45) is 1.87. The topological polar surface area (TPSA) is 108 Å². The molecule has 2 aromatic carbocycles. The van der Waals surface area contributed by atoms with Crippen molar-refractivity contribution in [1.29, 1.82) is 0 Å². The third kappa shape index (κ3) is 5.54. The molecule has 5 N–H and O–H groups in total. The Hall–Kier alpha value is -4.05. The van der Waals surface area contributed by atoms with Gasteiger partial charge < -0.3 is 21.5 Å². The van der Waals surface area contributed by atoms with Gasteiger partial charge in [0.25, 0.3) is 5.91 Å². The zero-order valence-electron chi connectivity index (χ0n) is 20.5. The van der Waals surface area contributed by atoms with Crippen LogP contribution in [0, 0.1) is 5.41 Å². The molecular weight excluding hydrogens is 483 g/mol. The van der Waals surface area contributed by atoms with E-state index in [-0.39, 0.29) is 28.2 Å². The van der Waals surface area contributed by atoms with Crippen LogP contribution in [0.3, 0.4) is 0 Å². The fourth-order valence-corrected chi connectivity index (χ4v) is 4.30. The molecule has 3 aromatic rings. The molecule has 1 atom stereocenters. The summed E-state index contributed by atoms with van der Waals surface area (Å²) in [4.78, 5) is 12.2. The monoisotopic (exact) mass is 511 g/mol. The van der Waals surface area contributed by atoms with E-state index >= 15 is 0 Å². The molecule has 37 heavy (non-hydrogen) atoms. The number of primary amides is 1. The number of carbonyl (C=O) groups is 1. The number of ether oxygens (including phenoxy) is 1. The Morgan fingerprint density at radius 1 is 1.22 bits per heavy atom. The van der Waals surface area contributed by atoms with Gasteiger partial charge in [-0.1, -0.05) is 49.4 Å². The first-order valence-electron chi connectivity index (χ1n) is 11.6. The highest BCUT2D eigenvalue weighted by molar-refractivity contribution is 6.03. The van der Waals surface area contributed by atoms with Gasteiger partial charge in [0.1, 0.15) is 22.8 Å². The summed E-state index contributed by atoms with van der Waals surface area (Å²) in [6, 6.07) is 12.4. The highest BCUT2D eigenvalue weighted by atomic mass is 19.4. The Bertz CT molecular complexity index is 1380. The van der Waals surface area contributed by atoms with E-state index in [9.17, 15) is 18.0 Å². The van der Waals surface area contributed by atoms with Gasteiger partial charge in [0, 0.05) is 24.1 Å². The number of nitrogens with two attached hydrogens (primary N) is 2. The summed E-state index contributed by atoms with van der Waals surface area (Å²) in [5.41, 5.74) is 12.6. The van der Waals surface area contributed by atoms with Crippen molar-refractivity contribution in [3.63, 3.8) is 0 Å². The van der Waals surface area contributed by atoms with Gasteiger partial charge in [-0.25, -0.2) is 4.68 Å². The van der Waals surface area contributed by atoms with Crippen LogP contribution in [0.25, 0.3) is 11.3 Å². The van der Waals surface area contributed by atoms with Gasteiger partial charge >= 0.3 is 6.18 Å². The van der Waals surface area contributed by atoms with E-state index in [1.807, 2.05) is 42.5 Å². The van der Waals surface area contributed by atoms with E-state index in [2.05, 4.69) is 17.3 Å². The minimum atomic E-state index is -4.54. The second-order valence-corrected chi connectivity index (χ2v) is 9.20. The third-order valence-electron chi connectivity index (χ3n) is 6.35. The number of methoxy groups -OCH3 is 1. The van der Waals surface area contributed by atoms with Crippen molar-refractivity contribution in [2.45, 2.75) is 26.1 Å². The molecule has 7 nitrogen and oxygen atoms in total. The third-order valence-corrected chi connectivity index (χ3v) is 6.35. The molecule has 0 bridgehead atoms. The van der Waals surface area contributed by atoms with Crippen molar-refractivity contribution in [2.24, 2.45) is 11.1 Å². The minimum Gasteiger partial charge on any atom is -0.496 e. The van der Waals surface area contributed by atoms with Crippen LogP contribution in [0.1, 0.15) is 40.5 Å². The van der Waals surface area contributed by atoms with Crippen molar-refractivity contribution in [3.05, 3.63) is 89.1 Å². The standard InChI is InChI=1S/C27H28F3N5O2/c1-26(16-33-15-18-6-3-4-9-21(18)37-2)12-10-17(11-13-26)23-22(25(32)36)24(31)35(34-23)20-8-5-7-19(14-20)27(28,29)30/h3-12,14,33H,13,15-16,31H2,1-2H3,(H2,32,36). The molecule has 0 aliphatic heterocycles. The Labute approximate surface area is 212 Å². The summed E-state index contributed by atoms with van der Waals surface area (Å²) in [5.74, 6) is -0.121. The van der Waals surface area contributed by atoms with Crippen LogP contribution in [0.5, 0.6) is 5.75 Å². The van der Waals surface area contributed by atoms with Crippen molar-refractivity contribution < 1.29 is 22.7 Å². The van der Waals surface area contributed by atoms with E-state index in [1.54, 1.807) is 7.11 Å². The Morgan fingerprint density at radius 3 is 2.62 bits per heavy atom. The van der Waals surface area contributed by atoms with Crippen LogP contribution < -0.4 is 21.5 Å². The molecular formula is C27H28F3N5O2. The van der Waals surface area contributed by atoms with Crippen LogP contribution >= 0.6 is 0 Å². The number of aromatic nitrogens is 2. The van der Waals surface area contributed by atoms with Gasteiger partial charge in [0.05, 0.1) is 18.4 Å². The zero-order chi connectivity index (χ0) is 26.8. The lowest BCUT2D eigenvalue weighted by molar-refractivity contribution is -0.137. The molecule has 0 spiro atoms. The molecule has 1 unspecified atom stereocenters. The summed E-state index contributed by atoms with van der Waals surface area (Å²) in [6.45, 7) is 3.40. The highest BCUT2D eigenvalue weighted by Crippen LogP contribution is 2.36. The first kappa shape index (κ1) is 26.0. The Balaban J connectivity index is 1.55. The molecule has 1 aliphatic rings. The van der Waals surface area contributed by atoms with Crippen LogP contribution in [-0.2, 0) is 12.7 Å². The van der Waals surface area contributed by atoms with Gasteiger partial charge in [-0.15, -0.1) is 0 Å². The maximum atomic E-state index is 13.2. The summed E-state index contributed by atoms with van der Waals surface area (Å²) >= 11 is 0. The van der Waals surface area contributed by atoms with Crippen LogP contribution in [0.4, 0.5) is 19.0 Å². The number of anilines is 1. The quantitative estimate of drug-likeness (QED) is 0.406. The van der Waals surface area contributed by atoms with Crippen LogP contribution in [-0.4, -0.2) is 29.3 Å². The smallest absolute Gasteiger partial charge is 0.416 e. The summed E-state index contributed by atoms with van der Waals surface area (Å²) in [7, 11) is 1.64. The molecule has 1 heterocycles. The van der Waals surface area contributed by atoms with E-state index in [4.69, 9.17) is 16.2 Å². The molecule has 0 fully saturated rings. The number of rotatable bonds is 8. The second kappa shape index (κ2) is 10.1. The molecule has 1 aromatic heterocycles. The minimum absolute atomic E-state index is 0.0359. The average Bonchev–Trinajstić information content (AvgIpc) is 3.21.